The van der Waals surface area contributed by atoms with Crippen LogP contribution in [-0.2, 0) is 5.41 Å². The van der Waals surface area contributed by atoms with Gasteiger partial charge in [-0.15, -0.1) is 0 Å². The summed E-state index contributed by atoms with van der Waals surface area (Å²) in [5.74, 6) is 0. The van der Waals surface area contributed by atoms with Gasteiger partial charge in [0.25, 0.3) is 0 Å². The summed E-state index contributed by atoms with van der Waals surface area (Å²) >= 11 is 3.15. The minimum absolute atomic E-state index is 0.103. The van der Waals surface area contributed by atoms with Crippen LogP contribution in [0.2, 0.25) is 0 Å². The molecule has 0 fully saturated rings. The molecule has 0 spiro atoms. The highest BCUT2D eigenvalue weighted by Gasteiger charge is 2.57. The highest BCUT2D eigenvalue weighted by molar-refractivity contribution is 9.10. The summed E-state index contributed by atoms with van der Waals surface area (Å²) in [6.07, 6.45) is -2.94. The second kappa shape index (κ2) is 3.37. The van der Waals surface area contributed by atoms with E-state index in [0.717, 1.165) is 0 Å². The first-order valence-electron chi connectivity index (χ1n) is 5.18. The molecule has 1 aliphatic heterocycles. The predicted molar refractivity (Wildman–Crippen MR) is 62.6 cm³/mol. The van der Waals surface area contributed by atoms with Crippen molar-refractivity contribution < 1.29 is 13.2 Å². The number of anilines is 1. The Morgan fingerprint density at radius 3 is 2.89 bits per heavy atom. The Hall–Kier alpha value is -1.31. The third-order valence-electron chi connectivity index (χ3n) is 3.23. The van der Waals surface area contributed by atoms with Crippen LogP contribution in [-0.4, -0.2) is 27.3 Å². The molecule has 0 saturated heterocycles. The molecule has 3 heterocycles. The summed E-state index contributed by atoms with van der Waals surface area (Å²) < 4.78 is 41.4. The zero-order chi connectivity index (χ0) is 13.1. The van der Waals surface area contributed by atoms with Crippen molar-refractivity contribution >= 4 is 27.3 Å². The van der Waals surface area contributed by atoms with Gasteiger partial charge in [-0.05, 0) is 22.9 Å². The summed E-state index contributed by atoms with van der Waals surface area (Å²) in [4.78, 5) is 4.06. The quantitative estimate of drug-likeness (QED) is 0.811. The Bertz CT molecular complexity index is 636. The van der Waals surface area contributed by atoms with Crippen molar-refractivity contribution in [2.24, 2.45) is 0 Å². The highest BCUT2D eigenvalue weighted by Crippen LogP contribution is 2.47. The molecular weight excluding hydrogens is 313 g/mol. The third-order valence-corrected chi connectivity index (χ3v) is 3.62. The maximum atomic E-state index is 13.2. The lowest BCUT2D eigenvalue weighted by molar-refractivity contribution is -0.181. The lowest BCUT2D eigenvalue weighted by Crippen LogP contribution is -2.42. The first kappa shape index (κ1) is 11.8. The Labute approximate surface area is 108 Å². The first-order chi connectivity index (χ1) is 8.33. The molecule has 2 aromatic heterocycles. The van der Waals surface area contributed by atoms with E-state index in [-0.39, 0.29) is 12.2 Å². The number of nitrogens with zero attached hydrogens (tertiary/aromatic N) is 3. The molecule has 4 nitrogen and oxygen atoms in total. The van der Waals surface area contributed by atoms with Gasteiger partial charge in [0.1, 0.15) is 10.0 Å². The predicted octanol–water partition coefficient (Wildman–Crippen LogP) is 2.74. The Balaban J connectivity index is 2.35. The molecule has 8 heteroatoms. The van der Waals surface area contributed by atoms with Gasteiger partial charge in [-0.3, -0.25) is 0 Å². The van der Waals surface area contributed by atoms with Crippen LogP contribution < -0.4 is 5.32 Å². The minimum atomic E-state index is -4.35. The number of nitrogens with one attached hydrogen (secondary N) is 1. The monoisotopic (exact) mass is 320 g/mol. The van der Waals surface area contributed by atoms with Gasteiger partial charge in [-0.1, -0.05) is 0 Å². The van der Waals surface area contributed by atoms with Crippen LogP contribution in [0.25, 0.3) is 5.65 Å². The average Bonchev–Trinajstić information content (AvgIpc) is 2.78. The van der Waals surface area contributed by atoms with Gasteiger partial charge < -0.3 is 5.32 Å². The van der Waals surface area contributed by atoms with E-state index in [2.05, 4.69) is 31.3 Å². The topological polar surface area (TPSA) is 42.2 Å². The number of fused-ring (bicyclic) bond motifs is 3. The van der Waals surface area contributed by atoms with Crippen molar-refractivity contribution in [3.63, 3.8) is 0 Å². The number of alkyl halides is 3. The number of aromatic nitrogens is 3. The molecule has 0 aromatic carbocycles. The van der Waals surface area contributed by atoms with E-state index >= 15 is 0 Å². The standard InChI is InChI=1S/C10H8BrF3N4/c1-9(10(12,13)14)4-16-5-3-15-7-2-6(11)17-18(7)8(5)9/h2-3,16H,4H2,1H3. The van der Waals surface area contributed by atoms with Gasteiger partial charge in [-0.2, -0.15) is 18.3 Å². The molecule has 3 rings (SSSR count). The van der Waals surface area contributed by atoms with E-state index < -0.39 is 11.6 Å². The lowest BCUT2D eigenvalue weighted by atomic mass is 9.88. The van der Waals surface area contributed by atoms with Crippen molar-refractivity contribution in [2.75, 3.05) is 11.9 Å². The van der Waals surface area contributed by atoms with Crippen LogP contribution in [0, 0.1) is 0 Å². The van der Waals surface area contributed by atoms with Crippen molar-refractivity contribution in [1.29, 1.82) is 0 Å². The van der Waals surface area contributed by atoms with E-state index in [4.69, 9.17) is 0 Å². The fraction of sp³-hybridized carbons (Fsp3) is 0.400. The van der Waals surface area contributed by atoms with Gasteiger partial charge >= 0.3 is 6.18 Å². The normalized spacial score (nSPS) is 23.2. The summed E-state index contributed by atoms with van der Waals surface area (Å²) in [6.45, 7) is 0.963. The molecule has 0 radical (unpaired) electrons. The van der Waals surface area contributed by atoms with Crippen LogP contribution >= 0.6 is 15.9 Å². The Morgan fingerprint density at radius 2 is 2.22 bits per heavy atom. The fourth-order valence-electron chi connectivity index (χ4n) is 2.16. The SMILES string of the molecule is CC1(C(F)(F)F)CNc2cnc3cc(Br)nn3c21. The van der Waals surface area contributed by atoms with Crippen molar-refractivity contribution in [3.8, 4) is 0 Å². The third kappa shape index (κ3) is 1.38. The largest absolute Gasteiger partial charge is 0.401 e. The molecule has 0 aliphatic carbocycles. The van der Waals surface area contributed by atoms with Crippen LogP contribution in [0.4, 0.5) is 18.9 Å². The van der Waals surface area contributed by atoms with Crippen molar-refractivity contribution in [1.82, 2.24) is 14.6 Å². The van der Waals surface area contributed by atoms with Crippen molar-refractivity contribution in [2.45, 2.75) is 18.5 Å². The van der Waals surface area contributed by atoms with Gasteiger partial charge in [0, 0.05) is 12.6 Å². The molecule has 2 aromatic rings. The average molecular weight is 321 g/mol. The van der Waals surface area contributed by atoms with Crippen molar-refractivity contribution in [3.05, 3.63) is 22.6 Å². The van der Waals surface area contributed by atoms with E-state index in [0.29, 0.717) is 15.9 Å². The summed E-state index contributed by atoms with van der Waals surface area (Å²) in [6, 6.07) is 1.58. The molecule has 0 bridgehead atoms. The molecule has 0 saturated carbocycles. The van der Waals surface area contributed by atoms with Gasteiger partial charge in [0.05, 0.1) is 17.6 Å². The highest BCUT2D eigenvalue weighted by atomic mass is 79.9. The molecule has 18 heavy (non-hydrogen) atoms. The second-order valence-corrected chi connectivity index (χ2v) is 5.25. The van der Waals surface area contributed by atoms with Crippen LogP contribution in [0.15, 0.2) is 16.9 Å². The van der Waals surface area contributed by atoms with Crippen LogP contribution in [0.3, 0.4) is 0 Å². The first-order valence-corrected chi connectivity index (χ1v) is 5.97. The number of hydrogen-bond acceptors (Lipinski definition) is 3. The summed E-state index contributed by atoms with van der Waals surface area (Å²) in [5, 5.41) is 6.76. The second-order valence-electron chi connectivity index (χ2n) is 4.44. The number of rotatable bonds is 0. The number of halogens is 4. The summed E-state index contributed by atoms with van der Waals surface area (Å²) in [7, 11) is 0. The van der Waals surface area contributed by atoms with Crippen LogP contribution in [0.5, 0.6) is 0 Å². The molecule has 1 atom stereocenters. The Morgan fingerprint density at radius 1 is 1.50 bits per heavy atom. The molecule has 0 amide bonds. The number of hydrogen-bond donors (Lipinski definition) is 1. The zero-order valence-electron chi connectivity index (χ0n) is 9.22. The molecule has 96 valence electrons. The zero-order valence-corrected chi connectivity index (χ0v) is 10.8. The molecule has 1 aliphatic rings. The lowest BCUT2D eigenvalue weighted by Gasteiger charge is -2.27. The smallest absolute Gasteiger partial charge is 0.381 e. The maximum absolute atomic E-state index is 13.2. The van der Waals surface area contributed by atoms with E-state index in [1.165, 1.54) is 17.6 Å². The Kier molecular flexibility index (Phi) is 2.20. The van der Waals surface area contributed by atoms with Gasteiger partial charge in [0.2, 0.25) is 0 Å². The fourth-order valence-corrected chi connectivity index (χ4v) is 2.52. The van der Waals surface area contributed by atoms with Gasteiger partial charge in [0.15, 0.2) is 5.65 Å². The van der Waals surface area contributed by atoms with E-state index in [9.17, 15) is 13.2 Å². The maximum Gasteiger partial charge on any atom is 0.401 e. The summed E-state index contributed by atoms with van der Waals surface area (Å²) in [5.41, 5.74) is -1.10. The van der Waals surface area contributed by atoms with Crippen LogP contribution in [0.1, 0.15) is 12.6 Å². The molecule has 1 N–H and O–H groups in total. The van der Waals surface area contributed by atoms with Gasteiger partial charge in [-0.25, -0.2) is 9.50 Å². The molecular formula is C10H8BrF3N4. The van der Waals surface area contributed by atoms with E-state index in [1.807, 2.05) is 0 Å². The minimum Gasteiger partial charge on any atom is -0.381 e. The van der Waals surface area contributed by atoms with E-state index in [1.54, 1.807) is 6.07 Å². The molecule has 1 unspecified atom stereocenters.